The summed E-state index contributed by atoms with van der Waals surface area (Å²) < 4.78 is 2.06. The van der Waals surface area contributed by atoms with Gasteiger partial charge in [-0.15, -0.1) is 0 Å². The highest BCUT2D eigenvalue weighted by molar-refractivity contribution is 5.87. The second-order valence-corrected chi connectivity index (χ2v) is 4.47. The SMILES string of the molecule is Cn1ccc2c(C3(N)C=CNC(N)=N3)cccc21. The minimum absolute atomic E-state index is 0.327. The van der Waals surface area contributed by atoms with Gasteiger partial charge in [0.25, 0.3) is 0 Å². The van der Waals surface area contributed by atoms with Gasteiger partial charge in [0.15, 0.2) is 11.6 Å². The van der Waals surface area contributed by atoms with Crippen LogP contribution in [-0.4, -0.2) is 10.5 Å². The molecule has 1 aliphatic heterocycles. The first-order chi connectivity index (χ1) is 8.60. The lowest BCUT2D eigenvalue weighted by molar-refractivity contribution is 0.586. The normalized spacial score (nSPS) is 22.9. The molecule has 0 spiro atoms. The highest BCUT2D eigenvalue weighted by atomic mass is 15.2. The highest BCUT2D eigenvalue weighted by Crippen LogP contribution is 2.30. The van der Waals surface area contributed by atoms with Crippen molar-refractivity contribution >= 4 is 16.9 Å². The molecule has 18 heavy (non-hydrogen) atoms. The van der Waals surface area contributed by atoms with Gasteiger partial charge >= 0.3 is 0 Å². The summed E-state index contributed by atoms with van der Waals surface area (Å²) in [6.45, 7) is 0. The summed E-state index contributed by atoms with van der Waals surface area (Å²) in [4.78, 5) is 4.31. The zero-order valence-electron chi connectivity index (χ0n) is 10.1. The molecule has 0 radical (unpaired) electrons. The van der Waals surface area contributed by atoms with E-state index < -0.39 is 5.66 Å². The average Bonchev–Trinajstić information content (AvgIpc) is 2.71. The van der Waals surface area contributed by atoms with Crippen molar-refractivity contribution in [2.45, 2.75) is 5.66 Å². The van der Waals surface area contributed by atoms with Gasteiger partial charge in [-0.05, 0) is 18.2 Å². The molecule has 1 unspecified atom stereocenters. The molecule has 5 N–H and O–H groups in total. The van der Waals surface area contributed by atoms with Gasteiger partial charge in [-0.3, -0.25) is 5.73 Å². The summed E-state index contributed by atoms with van der Waals surface area (Å²) in [5, 5.41) is 3.91. The van der Waals surface area contributed by atoms with E-state index in [1.807, 2.05) is 37.5 Å². The zero-order valence-corrected chi connectivity index (χ0v) is 10.1. The van der Waals surface area contributed by atoms with Crippen LogP contribution < -0.4 is 16.8 Å². The standard InChI is InChI=1S/C13H15N5/c1-18-8-5-9-10(3-2-4-11(9)18)13(15)6-7-16-12(14)17-13/h2-8H,15H2,1H3,(H3,14,16,17). The Morgan fingerprint density at radius 2 is 2.17 bits per heavy atom. The molecular formula is C13H15N5. The van der Waals surface area contributed by atoms with Gasteiger partial charge in [0.2, 0.25) is 0 Å². The Balaban J connectivity index is 2.26. The van der Waals surface area contributed by atoms with Gasteiger partial charge in [0.05, 0.1) is 0 Å². The Hall–Kier alpha value is -2.27. The number of guanidine groups is 1. The average molecular weight is 241 g/mol. The van der Waals surface area contributed by atoms with Crippen molar-refractivity contribution in [1.82, 2.24) is 9.88 Å². The van der Waals surface area contributed by atoms with Crippen molar-refractivity contribution in [3.8, 4) is 0 Å². The number of nitrogens with two attached hydrogens (primary N) is 2. The fourth-order valence-electron chi connectivity index (χ4n) is 2.32. The van der Waals surface area contributed by atoms with E-state index in [1.54, 1.807) is 6.20 Å². The van der Waals surface area contributed by atoms with Gasteiger partial charge in [0.1, 0.15) is 0 Å². The lowest BCUT2D eigenvalue weighted by atomic mass is 9.96. The molecule has 0 amide bonds. The van der Waals surface area contributed by atoms with Crippen molar-refractivity contribution < 1.29 is 0 Å². The third kappa shape index (κ3) is 1.48. The number of nitrogens with zero attached hydrogens (tertiary/aromatic N) is 2. The monoisotopic (exact) mass is 241 g/mol. The van der Waals surface area contributed by atoms with Crippen molar-refractivity contribution in [2.24, 2.45) is 23.5 Å². The van der Waals surface area contributed by atoms with E-state index in [9.17, 15) is 0 Å². The van der Waals surface area contributed by atoms with Crippen molar-refractivity contribution in [3.05, 3.63) is 48.3 Å². The maximum atomic E-state index is 6.34. The maximum absolute atomic E-state index is 6.34. The molecule has 1 aromatic heterocycles. The number of aryl methyl sites for hydroxylation is 1. The molecule has 2 heterocycles. The molecule has 1 aromatic carbocycles. The predicted molar refractivity (Wildman–Crippen MR) is 72.7 cm³/mol. The van der Waals surface area contributed by atoms with Crippen LogP contribution in [0.2, 0.25) is 0 Å². The predicted octanol–water partition coefficient (Wildman–Crippen LogP) is 0.721. The number of hydrogen-bond acceptors (Lipinski definition) is 4. The minimum atomic E-state index is -0.907. The largest absolute Gasteiger partial charge is 0.370 e. The quantitative estimate of drug-likeness (QED) is 0.688. The molecule has 2 aromatic rings. The first kappa shape index (κ1) is 10.9. The molecule has 5 heteroatoms. The minimum Gasteiger partial charge on any atom is -0.370 e. The van der Waals surface area contributed by atoms with Crippen LogP contribution in [0.15, 0.2) is 47.7 Å². The molecule has 1 aliphatic rings. The second-order valence-electron chi connectivity index (χ2n) is 4.47. The van der Waals surface area contributed by atoms with Crippen LogP contribution in [0.3, 0.4) is 0 Å². The lowest BCUT2D eigenvalue weighted by Gasteiger charge is -2.26. The van der Waals surface area contributed by atoms with Crippen LogP contribution in [0.25, 0.3) is 10.9 Å². The summed E-state index contributed by atoms with van der Waals surface area (Å²) in [5.41, 5.74) is 13.2. The Morgan fingerprint density at radius 1 is 1.33 bits per heavy atom. The Morgan fingerprint density at radius 3 is 2.94 bits per heavy atom. The van der Waals surface area contributed by atoms with Crippen LogP contribution in [-0.2, 0) is 12.7 Å². The van der Waals surface area contributed by atoms with Crippen LogP contribution in [0.5, 0.6) is 0 Å². The van der Waals surface area contributed by atoms with Crippen molar-refractivity contribution in [1.29, 1.82) is 0 Å². The van der Waals surface area contributed by atoms with Crippen LogP contribution >= 0.6 is 0 Å². The van der Waals surface area contributed by atoms with Crippen LogP contribution in [0.1, 0.15) is 5.56 Å². The van der Waals surface area contributed by atoms with Crippen LogP contribution in [0.4, 0.5) is 0 Å². The Bertz CT molecular complexity index is 667. The van der Waals surface area contributed by atoms with Gasteiger partial charge in [-0.1, -0.05) is 12.1 Å². The van der Waals surface area contributed by atoms with E-state index in [0.717, 1.165) is 16.5 Å². The van der Waals surface area contributed by atoms with Gasteiger partial charge in [-0.25, -0.2) is 4.99 Å². The molecule has 92 valence electrons. The molecule has 3 rings (SSSR count). The van der Waals surface area contributed by atoms with E-state index in [2.05, 4.69) is 20.9 Å². The topological polar surface area (TPSA) is 81.4 Å². The highest BCUT2D eigenvalue weighted by Gasteiger charge is 2.28. The first-order valence-electron chi connectivity index (χ1n) is 5.73. The number of hydrogen-bond donors (Lipinski definition) is 3. The third-order valence-corrected chi connectivity index (χ3v) is 3.23. The summed E-state index contributed by atoms with van der Waals surface area (Å²) in [7, 11) is 2.01. The van der Waals surface area contributed by atoms with Gasteiger partial charge in [-0.2, -0.15) is 0 Å². The summed E-state index contributed by atoms with van der Waals surface area (Å²) in [6.07, 6.45) is 5.55. The number of nitrogens with one attached hydrogen (secondary N) is 1. The van der Waals surface area contributed by atoms with E-state index in [1.165, 1.54) is 0 Å². The van der Waals surface area contributed by atoms with E-state index in [4.69, 9.17) is 11.5 Å². The summed E-state index contributed by atoms with van der Waals surface area (Å²) in [6, 6.07) is 8.06. The molecular weight excluding hydrogens is 226 g/mol. The maximum Gasteiger partial charge on any atom is 0.195 e. The van der Waals surface area contributed by atoms with E-state index in [0.29, 0.717) is 5.96 Å². The second kappa shape index (κ2) is 3.61. The number of fused-ring (bicyclic) bond motifs is 1. The molecule has 0 bridgehead atoms. The summed E-state index contributed by atoms with van der Waals surface area (Å²) in [5.74, 6) is 0.327. The van der Waals surface area contributed by atoms with E-state index >= 15 is 0 Å². The number of rotatable bonds is 1. The molecule has 0 fully saturated rings. The van der Waals surface area contributed by atoms with E-state index in [-0.39, 0.29) is 0 Å². The Kier molecular flexibility index (Phi) is 2.18. The van der Waals surface area contributed by atoms with Gasteiger partial charge in [0, 0.05) is 35.9 Å². The molecule has 0 aliphatic carbocycles. The molecule has 1 atom stereocenters. The zero-order chi connectivity index (χ0) is 12.8. The molecule has 0 saturated carbocycles. The first-order valence-corrected chi connectivity index (χ1v) is 5.73. The lowest BCUT2D eigenvalue weighted by Crippen LogP contribution is -2.42. The number of aromatic nitrogens is 1. The van der Waals surface area contributed by atoms with Crippen molar-refractivity contribution in [3.63, 3.8) is 0 Å². The fourth-order valence-corrected chi connectivity index (χ4v) is 2.32. The van der Waals surface area contributed by atoms with Crippen molar-refractivity contribution in [2.75, 3.05) is 0 Å². The smallest absolute Gasteiger partial charge is 0.195 e. The number of benzene rings is 1. The fraction of sp³-hybridized carbons (Fsp3) is 0.154. The molecule has 0 saturated heterocycles. The summed E-state index contributed by atoms with van der Waals surface area (Å²) >= 11 is 0. The molecule has 5 nitrogen and oxygen atoms in total. The van der Waals surface area contributed by atoms with Gasteiger partial charge < -0.3 is 15.6 Å². The third-order valence-electron chi connectivity index (χ3n) is 3.23. The Labute approximate surface area is 105 Å². The number of aliphatic imine (C=N–C) groups is 1. The van der Waals surface area contributed by atoms with Crippen LogP contribution in [0, 0.1) is 0 Å².